The summed E-state index contributed by atoms with van der Waals surface area (Å²) in [5, 5.41) is 19.9. The zero-order valence-corrected chi connectivity index (χ0v) is 14.7. The smallest absolute Gasteiger partial charge is 0.236 e. The van der Waals surface area contributed by atoms with Crippen LogP contribution in [0.1, 0.15) is 46.0 Å². The molecule has 6 nitrogen and oxygen atoms in total. The van der Waals surface area contributed by atoms with Gasteiger partial charge < -0.3 is 14.6 Å². The van der Waals surface area contributed by atoms with Gasteiger partial charge in [-0.1, -0.05) is 43.9 Å². The van der Waals surface area contributed by atoms with Crippen LogP contribution in [-0.4, -0.2) is 33.7 Å². The molecule has 0 amide bonds. The maximum atomic E-state index is 9.60. The third-order valence-corrected chi connectivity index (χ3v) is 3.43. The molecule has 6 heteroatoms. The van der Waals surface area contributed by atoms with E-state index in [1.165, 1.54) is 32.6 Å². The highest BCUT2D eigenvalue weighted by molar-refractivity contribution is 5.38. The largest absolute Gasteiger partial charge is 0.504 e. The number of unbranched alkanes of at least 4 members (excludes halogenated alkanes) is 2. The highest BCUT2D eigenvalue weighted by atomic mass is 16.5. The maximum absolute atomic E-state index is 9.60. The van der Waals surface area contributed by atoms with Crippen molar-refractivity contribution in [3.05, 3.63) is 36.5 Å². The molecule has 0 spiro atoms. The molecule has 0 radical (unpaired) electrons. The molecule has 0 bridgehead atoms. The van der Waals surface area contributed by atoms with Crippen LogP contribution in [-0.2, 0) is 0 Å². The van der Waals surface area contributed by atoms with E-state index in [0.717, 1.165) is 12.8 Å². The van der Waals surface area contributed by atoms with Crippen LogP contribution in [0.25, 0.3) is 0 Å². The Kier molecular flexibility index (Phi) is 9.92. The van der Waals surface area contributed by atoms with Crippen molar-refractivity contribution in [2.45, 2.75) is 52.1 Å². The molecule has 1 aromatic carbocycles. The van der Waals surface area contributed by atoms with E-state index in [9.17, 15) is 5.11 Å². The summed E-state index contributed by atoms with van der Waals surface area (Å²) in [4.78, 5) is 0. The van der Waals surface area contributed by atoms with Crippen molar-refractivity contribution in [1.29, 1.82) is 0 Å². The molecule has 1 heterocycles. The molecule has 0 saturated heterocycles. The topological polar surface area (TPSA) is 77.4 Å². The van der Waals surface area contributed by atoms with Gasteiger partial charge in [0.25, 0.3) is 0 Å². The predicted molar refractivity (Wildman–Crippen MR) is 93.3 cm³/mol. The third kappa shape index (κ3) is 7.76. The summed E-state index contributed by atoms with van der Waals surface area (Å²) in [6.45, 7) is 4.32. The van der Waals surface area contributed by atoms with Crippen molar-refractivity contribution in [3.8, 4) is 17.4 Å². The van der Waals surface area contributed by atoms with Gasteiger partial charge in [-0.2, -0.15) is 0 Å². The standard InChI is InChI=1S/C14H22O2.C4H5N3O/c1-3-5-6-9-12(4-2)16-14-11-8-7-10-13(14)15;1-8-4-2-3-5-7-6-4/h7-8,10-12,15H,3-6,9H2,1-2H3;2-3H,1H3. The molecule has 132 valence electrons. The van der Waals surface area contributed by atoms with Gasteiger partial charge in [-0.25, -0.2) is 0 Å². The van der Waals surface area contributed by atoms with Gasteiger partial charge in [0.2, 0.25) is 5.88 Å². The van der Waals surface area contributed by atoms with Crippen molar-refractivity contribution in [3.63, 3.8) is 0 Å². The molecule has 2 aromatic rings. The monoisotopic (exact) mass is 333 g/mol. The van der Waals surface area contributed by atoms with E-state index >= 15 is 0 Å². The van der Waals surface area contributed by atoms with Crippen LogP contribution in [0.5, 0.6) is 17.4 Å². The van der Waals surface area contributed by atoms with Crippen molar-refractivity contribution in [2.75, 3.05) is 7.11 Å². The second-order valence-corrected chi connectivity index (χ2v) is 5.27. The molecule has 0 aliphatic carbocycles. The first-order valence-electron chi connectivity index (χ1n) is 8.34. The molecule has 1 N–H and O–H groups in total. The summed E-state index contributed by atoms with van der Waals surface area (Å²) in [6.07, 6.45) is 7.47. The average Bonchev–Trinajstić information content (AvgIpc) is 2.64. The van der Waals surface area contributed by atoms with E-state index in [4.69, 9.17) is 9.47 Å². The van der Waals surface area contributed by atoms with E-state index in [2.05, 4.69) is 29.3 Å². The van der Waals surface area contributed by atoms with E-state index in [1.807, 2.05) is 12.1 Å². The van der Waals surface area contributed by atoms with E-state index in [-0.39, 0.29) is 11.9 Å². The van der Waals surface area contributed by atoms with Crippen molar-refractivity contribution >= 4 is 0 Å². The van der Waals surface area contributed by atoms with Crippen molar-refractivity contribution in [2.24, 2.45) is 0 Å². The lowest BCUT2D eigenvalue weighted by molar-refractivity contribution is 0.176. The van der Waals surface area contributed by atoms with Crippen LogP contribution in [0.15, 0.2) is 36.5 Å². The first-order chi connectivity index (χ1) is 11.7. The lowest BCUT2D eigenvalue weighted by Crippen LogP contribution is -2.15. The number of nitrogens with zero attached hydrogens (tertiary/aromatic N) is 3. The fourth-order valence-electron chi connectivity index (χ4n) is 2.04. The van der Waals surface area contributed by atoms with Crippen LogP contribution in [0.4, 0.5) is 0 Å². The minimum Gasteiger partial charge on any atom is -0.504 e. The first kappa shape index (κ1) is 19.7. The number of methoxy groups -OCH3 is 1. The van der Waals surface area contributed by atoms with Gasteiger partial charge in [-0.15, -0.1) is 5.10 Å². The molecule has 0 aliphatic rings. The van der Waals surface area contributed by atoms with Crippen LogP contribution >= 0.6 is 0 Å². The summed E-state index contributed by atoms with van der Waals surface area (Å²) < 4.78 is 10.5. The van der Waals surface area contributed by atoms with Crippen LogP contribution in [0.2, 0.25) is 0 Å². The Bertz CT molecular complexity index is 552. The van der Waals surface area contributed by atoms with Gasteiger partial charge in [0, 0.05) is 6.07 Å². The van der Waals surface area contributed by atoms with Gasteiger partial charge in [-0.05, 0) is 36.6 Å². The molecule has 1 atom stereocenters. The summed E-state index contributed by atoms with van der Waals surface area (Å²) in [7, 11) is 1.53. The molecular weight excluding hydrogens is 306 g/mol. The summed E-state index contributed by atoms with van der Waals surface area (Å²) in [6, 6.07) is 8.80. The molecule has 0 saturated carbocycles. The van der Waals surface area contributed by atoms with E-state index in [0.29, 0.717) is 11.6 Å². The van der Waals surface area contributed by atoms with Crippen molar-refractivity contribution < 1.29 is 14.6 Å². The van der Waals surface area contributed by atoms with Gasteiger partial charge >= 0.3 is 0 Å². The number of aromatic nitrogens is 3. The zero-order chi connectivity index (χ0) is 17.6. The van der Waals surface area contributed by atoms with Gasteiger partial charge in [0.05, 0.1) is 19.4 Å². The fourth-order valence-corrected chi connectivity index (χ4v) is 2.04. The number of rotatable bonds is 8. The minimum absolute atomic E-state index is 0.222. The first-order valence-corrected chi connectivity index (χ1v) is 8.34. The Morgan fingerprint density at radius 3 is 2.46 bits per heavy atom. The number of hydrogen-bond acceptors (Lipinski definition) is 6. The summed E-state index contributed by atoms with van der Waals surface area (Å²) in [5.41, 5.74) is 0. The predicted octanol–water partition coefficient (Wildman–Crippen LogP) is 4.01. The van der Waals surface area contributed by atoms with Crippen molar-refractivity contribution in [1.82, 2.24) is 15.4 Å². The van der Waals surface area contributed by atoms with Gasteiger partial charge in [-0.3, -0.25) is 0 Å². The van der Waals surface area contributed by atoms with Crippen LogP contribution in [0, 0.1) is 0 Å². The van der Waals surface area contributed by atoms with E-state index < -0.39 is 0 Å². The van der Waals surface area contributed by atoms with E-state index in [1.54, 1.807) is 18.2 Å². The molecule has 2 rings (SSSR count). The third-order valence-electron chi connectivity index (χ3n) is 3.43. The molecular formula is C18H27N3O3. The quantitative estimate of drug-likeness (QED) is 0.735. The van der Waals surface area contributed by atoms with Crippen LogP contribution in [0.3, 0.4) is 0 Å². The number of ether oxygens (including phenoxy) is 2. The Morgan fingerprint density at radius 2 is 1.92 bits per heavy atom. The van der Waals surface area contributed by atoms with Gasteiger partial charge in [0.15, 0.2) is 11.5 Å². The summed E-state index contributed by atoms with van der Waals surface area (Å²) >= 11 is 0. The summed E-state index contributed by atoms with van der Waals surface area (Å²) in [5.74, 6) is 1.32. The molecule has 0 fully saturated rings. The lowest BCUT2D eigenvalue weighted by Gasteiger charge is -2.18. The molecule has 0 aliphatic heterocycles. The number of hydrogen-bond donors (Lipinski definition) is 1. The highest BCUT2D eigenvalue weighted by Crippen LogP contribution is 2.27. The SMILES string of the molecule is CCCCCC(CC)Oc1ccccc1O.COc1ccnnn1. The fraction of sp³-hybridized carbons (Fsp3) is 0.500. The number of benzene rings is 1. The Balaban J connectivity index is 0.000000300. The minimum atomic E-state index is 0.222. The normalized spacial score (nSPS) is 11.1. The zero-order valence-electron chi connectivity index (χ0n) is 14.7. The van der Waals surface area contributed by atoms with Gasteiger partial charge in [0.1, 0.15) is 0 Å². The number of phenols is 1. The molecule has 1 aromatic heterocycles. The molecule has 1 unspecified atom stereocenters. The van der Waals surface area contributed by atoms with Crippen LogP contribution < -0.4 is 9.47 Å². The highest BCUT2D eigenvalue weighted by Gasteiger charge is 2.09. The number of para-hydroxylation sites is 2. The number of phenolic OH excluding ortho intramolecular Hbond substituents is 1. The average molecular weight is 333 g/mol. The Hall–Kier alpha value is -2.37. The molecule has 24 heavy (non-hydrogen) atoms. The second kappa shape index (κ2) is 12.1. The lowest BCUT2D eigenvalue weighted by atomic mass is 10.1. The number of aromatic hydroxyl groups is 1. The Labute approximate surface area is 143 Å². The Morgan fingerprint density at radius 1 is 1.12 bits per heavy atom. The maximum Gasteiger partial charge on any atom is 0.236 e. The second-order valence-electron chi connectivity index (χ2n) is 5.27.